The van der Waals surface area contributed by atoms with Crippen molar-refractivity contribution in [2.45, 2.75) is 12.6 Å². The number of H-pyrrole nitrogens is 1. The minimum absolute atomic E-state index is 0.0379. The maximum Gasteiger partial charge on any atom is 0.315 e. The molecular formula is C13H14Cl2N4O2. The Morgan fingerprint density at radius 3 is 2.81 bits per heavy atom. The van der Waals surface area contributed by atoms with E-state index in [1.807, 2.05) is 0 Å². The quantitative estimate of drug-likeness (QED) is 0.678. The van der Waals surface area contributed by atoms with Crippen LogP contribution in [0.1, 0.15) is 17.4 Å². The number of nitrogens with zero attached hydrogens (tertiary/aromatic N) is 1. The molecule has 0 bridgehead atoms. The van der Waals surface area contributed by atoms with Crippen molar-refractivity contribution < 1.29 is 9.90 Å². The third-order valence-electron chi connectivity index (χ3n) is 2.78. The van der Waals surface area contributed by atoms with E-state index in [4.69, 9.17) is 23.2 Å². The van der Waals surface area contributed by atoms with Gasteiger partial charge in [0.2, 0.25) is 0 Å². The van der Waals surface area contributed by atoms with Crippen molar-refractivity contribution >= 4 is 29.2 Å². The van der Waals surface area contributed by atoms with Crippen LogP contribution in [0.4, 0.5) is 4.79 Å². The third-order valence-corrected chi connectivity index (χ3v) is 3.34. The number of hydrogen-bond donors (Lipinski definition) is 4. The number of amides is 2. The Morgan fingerprint density at radius 1 is 1.33 bits per heavy atom. The normalized spacial score (nSPS) is 12.0. The van der Waals surface area contributed by atoms with Crippen molar-refractivity contribution in [2.24, 2.45) is 0 Å². The summed E-state index contributed by atoms with van der Waals surface area (Å²) in [4.78, 5) is 11.6. The standard InChI is InChI=1S/C13H14Cl2N4O2/c14-8-1-2-10(11(15)5-8)12(20)7-17-13(21)16-6-9-3-4-18-19-9/h1-5,12,20H,6-7H2,(H,18,19)(H2,16,17,21). The second-order valence-corrected chi connectivity index (χ2v) is 5.17. The van der Waals surface area contributed by atoms with Crippen molar-refractivity contribution in [2.75, 3.05) is 6.54 Å². The van der Waals surface area contributed by atoms with E-state index >= 15 is 0 Å². The number of carbonyl (C=O) groups is 1. The number of carbonyl (C=O) groups excluding carboxylic acids is 1. The Bertz CT molecular complexity index is 604. The predicted octanol–water partition coefficient (Wildman–Crippen LogP) is 2.25. The van der Waals surface area contributed by atoms with Crippen molar-refractivity contribution in [1.29, 1.82) is 0 Å². The summed E-state index contributed by atoms with van der Waals surface area (Å²) >= 11 is 11.8. The molecule has 2 amide bonds. The first-order chi connectivity index (χ1) is 10.1. The number of hydrogen-bond acceptors (Lipinski definition) is 3. The Hall–Kier alpha value is -1.76. The molecule has 112 valence electrons. The van der Waals surface area contributed by atoms with Crippen molar-refractivity contribution in [3.63, 3.8) is 0 Å². The zero-order chi connectivity index (χ0) is 15.2. The lowest BCUT2D eigenvalue weighted by Gasteiger charge is -2.14. The van der Waals surface area contributed by atoms with Gasteiger partial charge in [-0.25, -0.2) is 4.79 Å². The molecule has 6 nitrogen and oxygen atoms in total. The van der Waals surface area contributed by atoms with Crippen LogP contribution in [0.2, 0.25) is 10.0 Å². The summed E-state index contributed by atoms with van der Waals surface area (Å²) in [6, 6.07) is 6.15. The molecule has 2 aromatic rings. The Kier molecular flexibility index (Phi) is 5.44. The highest BCUT2D eigenvalue weighted by atomic mass is 35.5. The molecule has 0 spiro atoms. The summed E-state index contributed by atoms with van der Waals surface area (Å²) in [6.07, 6.45) is 0.689. The van der Waals surface area contributed by atoms with Crippen molar-refractivity contribution in [3.05, 3.63) is 51.8 Å². The van der Waals surface area contributed by atoms with Crippen LogP contribution in [0.5, 0.6) is 0 Å². The number of aromatic amines is 1. The van der Waals surface area contributed by atoms with E-state index in [-0.39, 0.29) is 6.54 Å². The summed E-state index contributed by atoms with van der Waals surface area (Å²) < 4.78 is 0. The number of halogens is 2. The maximum atomic E-state index is 11.6. The van der Waals surface area contributed by atoms with E-state index < -0.39 is 12.1 Å². The van der Waals surface area contributed by atoms with Crippen LogP contribution < -0.4 is 10.6 Å². The first kappa shape index (κ1) is 15.6. The van der Waals surface area contributed by atoms with E-state index in [0.29, 0.717) is 22.2 Å². The largest absolute Gasteiger partial charge is 0.387 e. The molecular weight excluding hydrogens is 315 g/mol. The summed E-state index contributed by atoms with van der Waals surface area (Å²) in [5.74, 6) is 0. The Labute approximate surface area is 131 Å². The molecule has 4 N–H and O–H groups in total. The van der Waals surface area contributed by atoms with Gasteiger partial charge in [-0.1, -0.05) is 29.3 Å². The molecule has 2 rings (SSSR count). The number of urea groups is 1. The summed E-state index contributed by atoms with van der Waals surface area (Å²) in [5.41, 5.74) is 1.29. The van der Waals surface area contributed by atoms with Crippen molar-refractivity contribution in [3.8, 4) is 0 Å². The highest BCUT2D eigenvalue weighted by Crippen LogP contribution is 2.25. The first-order valence-corrected chi connectivity index (χ1v) is 6.95. The van der Waals surface area contributed by atoms with Gasteiger partial charge in [0, 0.05) is 28.4 Å². The van der Waals surface area contributed by atoms with E-state index in [2.05, 4.69) is 20.8 Å². The van der Waals surface area contributed by atoms with Gasteiger partial charge in [-0.15, -0.1) is 0 Å². The lowest BCUT2D eigenvalue weighted by molar-refractivity contribution is 0.173. The van der Waals surface area contributed by atoms with Gasteiger partial charge in [-0.3, -0.25) is 5.10 Å². The molecule has 1 unspecified atom stereocenters. The first-order valence-electron chi connectivity index (χ1n) is 6.19. The lowest BCUT2D eigenvalue weighted by atomic mass is 10.1. The highest BCUT2D eigenvalue weighted by molar-refractivity contribution is 6.35. The van der Waals surface area contributed by atoms with Crippen LogP contribution in [-0.2, 0) is 6.54 Å². The predicted molar refractivity (Wildman–Crippen MR) is 80.2 cm³/mol. The molecule has 1 heterocycles. The summed E-state index contributed by atoms with van der Waals surface area (Å²) in [7, 11) is 0. The average molecular weight is 329 g/mol. The molecule has 1 aromatic heterocycles. The Morgan fingerprint density at radius 2 is 2.14 bits per heavy atom. The van der Waals surface area contributed by atoms with Crippen LogP contribution in [0, 0.1) is 0 Å². The second kappa shape index (κ2) is 7.31. The molecule has 0 saturated heterocycles. The molecule has 21 heavy (non-hydrogen) atoms. The minimum atomic E-state index is -0.910. The van der Waals surface area contributed by atoms with Crippen LogP contribution in [-0.4, -0.2) is 27.9 Å². The van der Waals surface area contributed by atoms with Gasteiger partial charge >= 0.3 is 6.03 Å². The minimum Gasteiger partial charge on any atom is -0.387 e. The highest BCUT2D eigenvalue weighted by Gasteiger charge is 2.13. The van der Waals surface area contributed by atoms with Crippen LogP contribution in [0.3, 0.4) is 0 Å². The van der Waals surface area contributed by atoms with Gasteiger partial charge in [0.05, 0.1) is 18.3 Å². The Balaban J connectivity index is 1.80. The fourth-order valence-corrected chi connectivity index (χ4v) is 2.23. The van der Waals surface area contributed by atoms with E-state index in [1.54, 1.807) is 30.5 Å². The van der Waals surface area contributed by atoms with Crippen LogP contribution >= 0.6 is 23.2 Å². The number of nitrogens with one attached hydrogen (secondary N) is 3. The van der Waals surface area contributed by atoms with Gasteiger partial charge in [-0.2, -0.15) is 5.10 Å². The monoisotopic (exact) mass is 328 g/mol. The third kappa shape index (κ3) is 4.63. The zero-order valence-electron chi connectivity index (χ0n) is 10.9. The zero-order valence-corrected chi connectivity index (χ0v) is 12.4. The molecule has 0 radical (unpaired) electrons. The number of aliphatic hydroxyl groups is 1. The second-order valence-electron chi connectivity index (χ2n) is 4.33. The number of rotatable bonds is 5. The van der Waals surface area contributed by atoms with Crippen LogP contribution in [0.25, 0.3) is 0 Å². The summed E-state index contributed by atoms with van der Waals surface area (Å²) in [5, 5.41) is 22.5. The smallest absolute Gasteiger partial charge is 0.315 e. The number of aliphatic hydroxyl groups excluding tert-OH is 1. The van der Waals surface area contributed by atoms with Gasteiger partial charge in [-0.05, 0) is 18.2 Å². The maximum absolute atomic E-state index is 11.6. The molecule has 0 saturated carbocycles. The van der Waals surface area contributed by atoms with E-state index in [9.17, 15) is 9.90 Å². The lowest BCUT2D eigenvalue weighted by Crippen LogP contribution is -2.37. The SMILES string of the molecule is O=C(NCc1ccn[nH]1)NCC(O)c1ccc(Cl)cc1Cl. The molecule has 8 heteroatoms. The number of aromatic nitrogens is 2. The molecule has 0 fully saturated rings. The average Bonchev–Trinajstić information content (AvgIpc) is 2.95. The fourth-order valence-electron chi connectivity index (χ4n) is 1.69. The molecule has 0 aliphatic heterocycles. The number of benzene rings is 1. The molecule has 0 aliphatic carbocycles. The molecule has 1 atom stereocenters. The van der Waals surface area contributed by atoms with Gasteiger partial charge in [0.15, 0.2) is 0 Å². The van der Waals surface area contributed by atoms with Gasteiger partial charge in [0.1, 0.15) is 0 Å². The molecule has 1 aromatic carbocycles. The van der Waals surface area contributed by atoms with Crippen LogP contribution in [0.15, 0.2) is 30.5 Å². The van der Waals surface area contributed by atoms with E-state index in [1.165, 1.54) is 0 Å². The van der Waals surface area contributed by atoms with Gasteiger partial charge < -0.3 is 15.7 Å². The van der Waals surface area contributed by atoms with Crippen molar-refractivity contribution in [1.82, 2.24) is 20.8 Å². The van der Waals surface area contributed by atoms with Gasteiger partial charge in [0.25, 0.3) is 0 Å². The molecule has 0 aliphatic rings. The topological polar surface area (TPSA) is 90.0 Å². The summed E-state index contributed by atoms with van der Waals surface area (Å²) in [6.45, 7) is 0.361. The fraction of sp³-hybridized carbons (Fsp3) is 0.231. The van der Waals surface area contributed by atoms with E-state index in [0.717, 1.165) is 5.69 Å².